The molecule has 2 rings (SSSR count). The van der Waals surface area contributed by atoms with Gasteiger partial charge in [0.2, 0.25) is 5.91 Å². The molecule has 98 valence electrons. The number of nitrogens with two attached hydrogens (primary N) is 1. The van der Waals surface area contributed by atoms with Gasteiger partial charge in [-0.15, -0.1) is 6.58 Å². The van der Waals surface area contributed by atoms with Crippen molar-refractivity contribution in [3.8, 4) is 0 Å². The van der Waals surface area contributed by atoms with E-state index in [1.54, 1.807) is 0 Å². The lowest BCUT2D eigenvalue weighted by Gasteiger charge is -2.13. The average Bonchev–Trinajstić information content (AvgIpc) is 2.43. The highest BCUT2D eigenvalue weighted by Gasteiger charge is 2.18. The molecule has 0 radical (unpaired) electrons. The molecule has 2 aromatic rings. The Morgan fingerprint density at radius 1 is 1.32 bits per heavy atom. The summed E-state index contributed by atoms with van der Waals surface area (Å²) in [6.07, 6.45) is 4.35. The van der Waals surface area contributed by atoms with Crippen molar-refractivity contribution in [1.29, 1.82) is 0 Å². The van der Waals surface area contributed by atoms with Crippen LogP contribution in [0.5, 0.6) is 0 Å². The van der Waals surface area contributed by atoms with Crippen molar-refractivity contribution in [1.82, 2.24) is 4.98 Å². The zero-order valence-electron chi connectivity index (χ0n) is 10.9. The lowest BCUT2D eigenvalue weighted by atomic mass is 9.96. The van der Waals surface area contributed by atoms with Gasteiger partial charge in [0.15, 0.2) is 0 Å². The summed E-state index contributed by atoms with van der Waals surface area (Å²) >= 11 is 0. The third kappa shape index (κ3) is 3.19. The van der Waals surface area contributed by atoms with E-state index < -0.39 is 0 Å². The normalized spacial score (nSPS) is 12.2. The standard InChI is InChI=1S/C16H18N2O/c1-2-3-4-8-13(16(17)19)15-11-10-12-7-5-6-9-14(12)18-15/h2,5-7,9-11,13H,1,3-4,8H2,(H2,17,19). The van der Waals surface area contributed by atoms with E-state index in [1.807, 2.05) is 42.5 Å². The zero-order valence-corrected chi connectivity index (χ0v) is 10.9. The van der Waals surface area contributed by atoms with Gasteiger partial charge in [-0.2, -0.15) is 0 Å². The number of rotatable bonds is 6. The topological polar surface area (TPSA) is 56.0 Å². The molecule has 1 aromatic heterocycles. The minimum atomic E-state index is -0.315. The summed E-state index contributed by atoms with van der Waals surface area (Å²) in [4.78, 5) is 16.1. The molecule has 2 N–H and O–H groups in total. The van der Waals surface area contributed by atoms with Crippen LogP contribution in [0.25, 0.3) is 10.9 Å². The van der Waals surface area contributed by atoms with Gasteiger partial charge < -0.3 is 5.73 Å². The number of nitrogens with zero attached hydrogens (tertiary/aromatic N) is 1. The van der Waals surface area contributed by atoms with Crippen LogP contribution in [-0.4, -0.2) is 10.9 Å². The Labute approximate surface area is 113 Å². The number of pyridine rings is 1. The zero-order chi connectivity index (χ0) is 13.7. The lowest BCUT2D eigenvalue weighted by molar-refractivity contribution is -0.119. The highest BCUT2D eigenvalue weighted by atomic mass is 16.1. The van der Waals surface area contributed by atoms with Crippen LogP contribution in [0.1, 0.15) is 30.9 Å². The Morgan fingerprint density at radius 3 is 2.84 bits per heavy atom. The van der Waals surface area contributed by atoms with E-state index in [0.717, 1.165) is 29.4 Å². The number of aromatic nitrogens is 1. The molecule has 1 amide bonds. The van der Waals surface area contributed by atoms with Gasteiger partial charge in [-0.25, -0.2) is 0 Å². The van der Waals surface area contributed by atoms with Crippen LogP contribution in [0.2, 0.25) is 0 Å². The monoisotopic (exact) mass is 254 g/mol. The number of unbranched alkanes of at least 4 members (excludes halogenated alkanes) is 1. The number of fused-ring (bicyclic) bond motifs is 1. The summed E-state index contributed by atoms with van der Waals surface area (Å²) in [6, 6.07) is 11.7. The molecule has 0 aliphatic rings. The van der Waals surface area contributed by atoms with Crippen LogP contribution in [0.4, 0.5) is 0 Å². The van der Waals surface area contributed by atoms with Crippen molar-refractivity contribution < 1.29 is 4.79 Å². The summed E-state index contributed by atoms with van der Waals surface area (Å²) in [5.74, 6) is -0.628. The van der Waals surface area contributed by atoms with Crippen LogP contribution < -0.4 is 5.73 Å². The van der Waals surface area contributed by atoms with Crippen molar-refractivity contribution in [3.63, 3.8) is 0 Å². The largest absolute Gasteiger partial charge is 0.369 e. The number of para-hydroxylation sites is 1. The summed E-state index contributed by atoms with van der Waals surface area (Å²) in [5.41, 5.74) is 7.15. The maximum absolute atomic E-state index is 11.6. The van der Waals surface area contributed by atoms with Gasteiger partial charge in [0, 0.05) is 5.39 Å². The first kappa shape index (κ1) is 13.3. The van der Waals surface area contributed by atoms with E-state index in [0.29, 0.717) is 6.42 Å². The van der Waals surface area contributed by atoms with E-state index in [2.05, 4.69) is 11.6 Å². The average molecular weight is 254 g/mol. The molecule has 0 fully saturated rings. The smallest absolute Gasteiger partial charge is 0.226 e. The van der Waals surface area contributed by atoms with Crippen molar-refractivity contribution in [3.05, 3.63) is 54.7 Å². The third-order valence-corrected chi connectivity index (χ3v) is 3.22. The molecule has 1 heterocycles. The van der Waals surface area contributed by atoms with Gasteiger partial charge in [-0.3, -0.25) is 9.78 Å². The highest BCUT2D eigenvalue weighted by molar-refractivity contribution is 5.83. The second-order valence-corrected chi connectivity index (χ2v) is 4.60. The number of allylic oxidation sites excluding steroid dienone is 1. The fraction of sp³-hybridized carbons (Fsp3) is 0.250. The molecule has 3 nitrogen and oxygen atoms in total. The highest BCUT2D eigenvalue weighted by Crippen LogP contribution is 2.22. The number of benzene rings is 1. The predicted octanol–water partition coefficient (Wildman–Crippen LogP) is 3.16. The summed E-state index contributed by atoms with van der Waals surface area (Å²) < 4.78 is 0. The Kier molecular flexibility index (Phi) is 4.29. The molecule has 1 unspecified atom stereocenters. The molecular weight excluding hydrogens is 236 g/mol. The number of carbonyl (C=O) groups excluding carboxylic acids is 1. The molecule has 0 bridgehead atoms. The van der Waals surface area contributed by atoms with Crippen molar-refractivity contribution in [2.24, 2.45) is 5.73 Å². The van der Waals surface area contributed by atoms with Gasteiger partial charge in [-0.1, -0.05) is 30.3 Å². The van der Waals surface area contributed by atoms with E-state index in [9.17, 15) is 4.79 Å². The van der Waals surface area contributed by atoms with Crippen molar-refractivity contribution in [2.45, 2.75) is 25.2 Å². The fourth-order valence-corrected chi connectivity index (χ4v) is 2.18. The number of primary amides is 1. The lowest BCUT2D eigenvalue weighted by Crippen LogP contribution is -2.22. The van der Waals surface area contributed by atoms with E-state index in [1.165, 1.54) is 0 Å². The predicted molar refractivity (Wildman–Crippen MR) is 77.7 cm³/mol. The maximum atomic E-state index is 11.6. The van der Waals surface area contributed by atoms with Crippen LogP contribution >= 0.6 is 0 Å². The van der Waals surface area contributed by atoms with Gasteiger partial charge in [-0.05, 0) is 31.4 Å². The molecule has 0 saturated carbocycles. The van der Waals surface area contributed by atoms with Gasteiger partial charge in [0.05, 0.1) is 17.1 Å². The quantitative estimate of drug-likeness (QED) is 0.636. The second kappa shape index (κ2) is 6.14. The van der Waals surface area contributed by atoms with Gasteiger partial charge in [0.25, 0.3) is 0 Å². The van der Waals surface area contributed by atoms with E-state index in [-0.39, 0.29) is 11.8 Å². The molecule has 19 heavy (non-hydrogen) atoms. The number of amides is 1. The summed E-state index contributed by atoms with van der Waals surface area (Å²) in [6.45, 7) is 3.68. The van der Waals surface area contributed by atoms with Crippen molar-refractivity contribution >= 4 is 16.8 Å². The summed E-state index contributed by atoms with van der Waals surface area (Å²) in [7, 11) is 0. The van der Waals surface area contributed by atoms with Crippen LogP contribution in [0, 0.1) is 0 Å². The SMILES string of the molecule is C=CCCCC(C(N)=O)c1ccc2ccccc2n1. The Balaban J connectivity index is 2.27. The van der Waals surface area contributed by atoms with Crippen molar-refractivity contribution in [2.75, 3.05) is 0 Å². The number of carbonyl (C=O) groups is 1. The first-order chi connectivity index (χ1) is 9.22. The van der Waals surface area contributed by atoms with Crippen LogP contribution in [0.3, 0.4) is 0 Å². The van der Waals surface area contributed by atoms with Gasteiger partial charge >= 0.3 is 0 Å². The van der Waals surface area contributed by atoms with E-state index in [4.69, 9.17) is 5.73 Å². The van der Waals surface area contributed by atoms with Crippen LogP contribution in [-0.2, 0) is 4.79 Å². The summed E-state index contributed by atoms with van der Waals surface area (Å²) in [5, 5.41) is 1.07. The number of hydrogen-bond acceptors (Lipinski definition) is 2. The molecule has 0 spiro atoms. The fourth-order valence-electron chi connectivity index (χ4n) is 2.18. The molecular formula is C16H18N2O. The number of hydrogen-bond donors (Lipinski definition) is 1. The molecule has 0 saturated heterocycles. The first-order valence-corrected chi connectivity index (χ1v) is 6.48. The Hall–Kier alpha value is -2.16. The third-order valence-electron chi connectivity index (χ3n) is 3.22. The Bertz CT molecular complexity index is 592. The second-order valence-electron chi connectivity index (χ2n) is 4.60. The minimum Gasteiger partial charge on any atom is -0.369 e. The molecule has 1 atom stereocenters. The first-order valence-electron chi connectivity index (χ1n) is 6.48. The van der Waals surface area contributed by atoms with Crippen LogP contribution in [0.15, 0.2) is 49.1 Å². The van der Waals surface area contributed by atoms with Gasteiger partial charge in [0.1, 0.15) is 0 Å². The Morgan fingerprint density at radius 2 is 2.11 bits per heavy atom. The van der Waals surface area contributed by atoms with E-state index >= 15 is 0 Å². The molecule has 0 aliphatic carbocycles. The molecule has 1 aromatic carbocycles. The molecule has 3 heteroatoms. The molecule has 0 aliphatic heterocycles. The minimum absolute atomic E-state index is 0.313. The maximum Gasteiger partial charge on any atom is 0.226 e.